The number of nitrogens with zero attached hydrogens (tertiary/aromatic N) is 1. The summed E-state index contributed by atoms with van der Waals surface area (Å²) < 4.78 is 6.30. The van der Waals surface area contributed by atoms with Crippen LogP contribution in [0.25, 0.3) is 10.1 Å². The Morgan fingerprint density at radius 3 is 2.21 bits per heavy atom. The van der Waals surface area contributed by atoms with E-state index in [9.17, 15) is 14.4 Å². The van der Waals surface area contributed by atoms with Crippen LogP contribution in [0.1, 0.15) is 67.2 Å². The Balaban J connectivity index is 2.36. The van der Waals surface area contributed by atoms with Crippen molar-refractivity contribution in [1.82, 2.24) is 15.5 Å². The van der Waals surface area contributed by atoms with E-state index in [0.717, 1.165) is 10.3 Å². The number of carbonyl (C=O) groups excluding carboxylic acids is 3. The number of carbonyl (C=O) groups is 3. The molecule has 2 amide bonds. The van der Waals surface area contributed by atoms with Crippen LogP contribution in [0.15, 0.2) is 42.0 Å². The Morgan fingerprint density at radius 1 is 1.08 bits per heavy atom. The first-order valence-electron chi connectivity index (χ1n) is 13.6. The lowest BCUT2D eigenvalue weighted by Gasteiger charge is -2.39. The number of fused-ring (bicyclic) bond motifs is 1. The van der Waals surface area contributed by atoms with E-state index < -0.39 is 28.9 Å². The molecule has 0 aliphatic carbocycles. The molecule has 0 unspecified atom stereocenters. The molecule has 1 heterocycles. The van der Waals surface area contributed by atoms with E-state index in [1.807, 2.05) is 46.8 Å². The number of benzene rings is 1. The smallest absolute Gasteiger partial charge is 0.333 e. The zero-order valence-electron chi connectivity index (χ0n) is 25.5. The molecule has 0 fully saturated rings. The molecule has 0 bridgehead atoms. The molecule has 0 radical (unpaired) electrons. The van der Waals surface area contributed by atoms with Gasteiger partial charge < -0.3 is 20.3 Å². The van der Waals surface area contributed by atoms with Crippen molar-refractivity contribution in [2.45, 2.75) is 85.9 Å². The van der Waals surface area contributed by atoms with Crippen molar-refractivity contribution in [3.8, 4) is 0 Å². The highest BCUT2D eigenvalue weighted by atomic mass is 32.1. The fraction of sp³-hybridized carbons (Fsp3) is 0.581. The zero-order valence-corrected chi connectivity index (χ0v) is 26.3. The number of hydrogen-bond donors (Lipinski definition) is 2. The van der Waals surface area contributed by atoms with E-state index in [1.165, 1.54) is 4.70 Å². The van der Waals surface area contributed by atoms with Gasteiger partial charge in [-0.15, -0.1) is 11.3 Å². The summed E-state index contributed by atoms with van der Waals surface area (Å²) in [5.41, 5.74) is -0.630. The summed E-state index contributed by atoms with van der Waals surface area (Å²) in [6.45, 7) is 17.7. The van der Waals surface area contributed by atoms with Crippen molar-refractivity contribution in [1.29, 1.82) is 0 Å². The SMILES string of the molecule is CCOC(=O)/C(C)=C/[C@H](C(C)C)N(C)C(=O)[C@@H](NC(=O)[C@@H](NC)C(C)(C)c1cc2ccccc2s1)C(C)(C)C. The Hall–Kier alpha value is -2.71. The van der Waals surface area contributed by atoms with Crippen LogP contribution in [-0.2, 0) is 24.5 Å². The van der Waals surface area contributed by atoms with E-state index in [1.54, 1.807) is 50.3 Å². The summed E-state index contributed by atoms with van der Waals surface area (Å²) in [5.74, 6) is -0.806. The summed E-state index contributed by atoms with van der Waals surface area (Å²) in [6, 6.07) is 8.64. The maximum Gasteiger partial charge on any atom is 0.333 e. The van der Waals surface area contributed by atoms with Crippen LogP contribution in [0.3, 0.4) is 0 Å². The molecule has 0 saturated heterocycles. The topological polar surface area (TPSA) is 87.7 Å². The first-order chi connectivity index (χ1) is 18.1. The van der Waals surface area contributed by atoms with E-state index >= 15 is 0 Å². The molecule has 0 saturated carbocycles. The highest BCUT2D eigenvalue weighted by Crippen LogP contribution is 2.37. The second-order valence-electron chi connectivity index (χ2n) is 12.2. The first-order valence-corrected chi connectivity index (χ1v) is 14.5. The molecule has 0 aliphatic heterocycles. The number of esters is 1. The zero-order chi connectivity index (χ0) is 29.7. The molecule has 3 atom stereocenters. The van der Waals surface area contributed by atoms with Gasteiger partial charge in [0.15, 0.2) is 0 Å². The number of ether oxygens (including phenoxy) is 1. The van der Waals surface area contributed by atoms with Gasteiger partial charge in [0.05, 0.1) is 18.7 Å². The van der Waals surface area contributed by atoms with Gasteiger partial charge in [-0.25, -0.2) is 4.79 Å². The summed E-state index contributed by atoms with van der Waals surface area (Å²) in [7, 11) is 3.50. The van der Waals surface area contributed by atoms with Gasteiger partial charge in [0.25, 0.3) is 0 Å². The lowest BCUT2D eigenvalue weighted by Crippen LogP contribution is -2.61. The fourth-order valence-corrected chi connectivity index (χ4v) is 6.00. The number of nitrogens with one attached hydrogen (secondary N) is 2. The van der Waals surface area contributed by atoms with Crippen LogP contribution in [0.5, 0.6) is 0 Å². The molecule has 1 aromatic heterocycles. The maximum absolute atomic E-state index is 13.9. The molecule has 216 valence electrons. The second kappa shape index (κ2) is 13.1. The van der Waals surface area contributed by atoms with Crippen LogP contribution in [0, 0.1) is 11.3 Å². The maximum atomic E-state index is 13.9. The van der Waals surface area contributed by atoms with Gasteiger partial charge in [0.2, 0.25) is 11.8 Å². The third-order valence-corrected chi connectivity index (χ3v) is 8.68. The normalized spacial score (nSPS) is 15.1. The predicted molar refractivity (Wildman–Crippen MR) is 161 cm³/mol. The molecule has 0 aliphatic rings. The standard InChI is InChI=1S/C31H47N3O4S/c1-12-38-29(37)20(4)17-22(19(2)3)34(11)28(36)26(30(5,6)7)33-27(35)25(32-10)31(8,9)24-18-21-15-13-14-16-23(21)39-24/h13-19,22,25-26,32H,12H2,1-11H3,(H,33,35)/b20-17+/t22-,25-,26-/m1/s1. The highest BCUT2D eigenvalue weighted by Gasteiger charge is 2.42. The van der Waals surface area contributed by atoms with Gasteiger partial charge in [-0.2, -0.15) is 0 Å². The molecule has 1 aromatic carbocycles. The predicted octanol–water partition coefficient (Wildman–Crippen LogP) is 5.29. The number of rotatable bonds is 11. The summed E-state index contributed by atoms with van der Waals surface area (Å²) in [5, 5.41) is 7.45. The van der Waals surface area contributed by atoms with Crippen molar-refractivity contribution in [2.24, 2.45) is 11.3 Å². The molecule has 7 nitrogen and oxygen atoms in total. The van der Waals surface area contributed by atoms with Crippen molar-refractivity contribution in [3.63, 3.8) is 0 Å². The molecule has 2 aromatic rings. The average Bonchev–Trinajstić information content (AvgIpc) is 3.30. The van der Waals surface area contributed by atoms with Gasteiger partial charge >= 0.3 is 5.97 Å². The average molecular weight is 558 g/mol. The fourth-order valence-electron chi connectivity index (χ4n) is 4.81. The van der Waals surface area contributed by atoms with Gasteiger partial charge in [-0.1, -0.05) is 72.7 Å². The third kappa shape index (κ3) is 7.70. The summed E-state index contributed by atoms with van der Waals surface area (Å²) in [4.78, 5) is 42.7. The van der Waals surface area contributed by atoms with Crippen molar-refractivity contribution in [2.75, 3.05) is 20.7 Å². The second-order valence-corrected chi connectivity index (χ2v) is 13.2. The largest absolute Gasteiger partial charge is 0.463 e. The quantitative estimate of drug-likeness (QED) is 0.290. The minimum absolute atomic E-state index is 0.0385. The molecule has 2 rings (SSSR count). The van der Waals surface area contributed by atoms with E-state index in [0.29, 0.717) is 5.57 Å². The van der Waals surface area contributed by atoms with Crippen LogP contribution < -0.4 is 10.6 Å². The van der Waals surface area contributed by atoms with E-state index in [4.69, 9.17) is 4.74 Å². The molecule has 39 heavy (non-hydrogen) atoms. The Labute approximate surface area is 238 Å². The molecule has 2 N–H and O–H groups in total. The Morgan fingerprint density at radius 2 is 1.69 bits per heavy atom. The van der Waals surface area contributed by atoms with Crippen LogP contribution >= 0.6 is 11.3 Å². The lowest BCUT2D eigenvalue weighted by atomic mass is 9.80. The molecular weight excluding hydrogens is 510 g/mol. The third-order valence-electron chi connectivity index (χ3n) is 7.23. The number of amides is 2. The van der Waals surface area contributed by atoms with E-state index in [-0.39, 0.29) is 30.4 Å². The van der Waals surface area contributed by atoms with Gasteiger partial charge in [0.1, 0.15) is 6.04 Å². The highest BCUT2D eigenvalue weighted by molar-refractivity contribution is 7.19. The summed E-state index contributed by atoms with van der Waals surface area (Å²) >= 11 is 1.68. The van der Waals surface area contributed by atoms with Crippen molar-refractivity contribution < 1.29 is 19.1 Å². The molecular formula is C31H47N3O4S. The Bertz CT molecular complexity index is 1160. The van der Waals surface area contributed by atoms with Crippen molar-refractivity contribution in [3.05, 3.63) is 46.9 Å². The Kier molecular flexibility index (Phi) is 10.9. The number of thiophene rings is 1. The van der Waals surface area contributed by atoms with Crippen molar-refractivity contribution >= 4 is 39.2 Å². The van der Waals surface area contributed by atoms with Crippen LogP contribution in [-0.4, -0.2) is 61.5 Å². The van der Waals surface area contributed by atoms with Crippen LogP contribution in [0.4, 0.5) is 0 Å². The summed E-state index contributed by atoms with van der Waals surface area (Å²) in [6.07, 6.45) is 1.78. The van der Waals surface area contributed by atoms with Gasteiger partial charge in [-0.05, 0) is 49.7 Å². The number of hydrogen-bond acceptors (Lipinski definition) is 6. The minimum atomic E-state index is -0.776. The van der Waals surface area contributed by atoms with Gasteiger partial charge in [-0.3, -0.25) is 9.59 Å². The lowest BCUT2D eigenvalue weighted by molar-refractivity contribution is -0.141. The molecule has 8 heteroatoms. The van der Waals surface area contributed by atoms with E-state index in [2.05, 4.69) is 42.7 Å². The number of likely N-dealkylation sites (N-methyl/N-ethyl adjacent to an activating group) is 2. The molecule has 0 spiro atoms. The monoisotopic (exact) mass is 557 g/mol. The van der Waals surface area contributed by atoms with Gasteiger partial charge in [0, 0.05) is 27.6 Å². The first kappa shape index (κ1) is 32.5. The minimum Gasteiger partial charge on any atom is -0.463 e. The van der Waals surface area contributed by atoms with Crippen LogP contribution in [0.2, 0.25) is 0 Å².